The highest BCUT2D eigenvalue weighted by Crippen LogP contribution is 2.35. The monoisotopic (exact) mass is 522 g/mol. The Labute approximate surface area is 219 Å². The van der Waals surface area contributed by atoms with Crippen molar-refractivity contribution >= 4 is 47.5 Å². The van der Waals surface area contributed by atoms with E-state index in [2.05, 4.69) is 35.6 Å². The van der Waals surface area contributed by atoms with Crippen molar-refractivity contribution in [2.45, 2.75) is 57.7 Å². The zero-order chi connectivity index (χ0) is 23.1. The van der Waals surface area contributed by atoms with Crippen molar-refractivity contribution in [2.24, 2.45) is 24.6 Å². The van der Waals surface area contributed by atoms with Crippen LogP contribution in [-0.2, 0) is 23.0 Å². The Hall–Kier alpha value is -2.22. The van der Waals surface area contributed by atoms with Crippen molar-refractivity contribution in [1.29, 1.82) is 0 Å². The minimum absolute atomic E-state index is 0. The van der Waals surface area contributed by atoms with E-state index in [0.29, 0.717) is 6.54 Å². The Morgan fingerprint density at radius 3 is 2.57 bits per heavy atom. The average molecular weight is 524 g/mol. The first-order chi connectivity index (χ1) is 16.0. The smallest absolute Gasteiger partial charge is 0.312 e. The summed E-state index contributed by atoms with van der Waals surface area (Å²) in [6, 6.07) is 8.08. The maximum absolute atomic E-state index is 13.5. The molecule has 0 spiro atoms. The van der Waals surface area contributed by atoms with Gasteiger partial charge in [-0.2, -0.15) is 0 Å². The molecule has 2 N–H and O–H groups in total. The number of hydrogen-bond acceptors (Lipinski definition) is 6. The van der Waals surface area contributed by atoms with Crippen molar-refractivity contribution in [1.82, 2.24) is 14.4 Å². The zero-order valence-electron chi connectivity index (χ0n) is 20.4. The number of ketones is 1. The van der Waals surface area contributed by atoms with Gasteiger partial charge in [-0.3, -0.25) is 9.59 Å². The summed E-state index contributed by atoms with van der Waals surface area (Å²) >= 11 is 0. The van der Waals surface area contributed by atoms with Gasteiger partial charge in [0.1, 0.15) is 6.17 Å². The summed E-state index contributed by atoms with van der Waals surface area (Å²) in [7, 11) is 2.05. The number of esters is 1. The summed E-state index contributed by atoms with van der Waals surface area (Å²) in [5, 5.41) is 1.06. The summed E-state index contributed by atoms with van der Waals surface area (Å²) in [5.74, 6) is -0.179. The number of aromatic nitrogens is 1. The minimum atomic E-state index is -0.188. The molecule has 0 radical (unpaired) electrons. The molecule has 1 aliphatic heterocycles. The number of Topliss-reactive ketones (excluding diaryl/α,β-unsaturated/α-hetero) is 1. The van der Waals surface area contributed by atoms with Gasteiger partial charge in [0, 0.05) is 60.1 Å². The highest BCUT2D eigenvalue weighted by Gasteiger charge is 2.35. The molecular weight excluding hydrogens is 487 g/mol. The number of halogens is 2. The number of ether oxygens (including phenoxy) is 1. The standard InChI is InChI=1S/C26H34N4O3.2ClH/c1-17-29(13-14-30(17)16-33-26(32)19-7-3-5-9-21(19)27)15-18-11-12-23-24(25(18)31)20-8-4-6-10-22(20)28(23)2;;/h4,6,8,10,13-14,17-19,21H,3,5,7,9,11-12,15-16,27H2,1-2H3;2*1H/t17?,18?,19-,21-;;/m1../s1. The van der Waals surface area contributed by atoms with Crippen LogP contribution in [0.2, 0.25) is 0 Å². The van der Waals surface area contributed by atoms with Gasteiger partial charge < -0.3 is 24.8 Å². The first-order valence-corrected chi connectivity index (χ1v) is 12.2. The van der Waals surface area contributed by atoms with Crippen molar-refractivity contribution < 1.29 is 14.3 Å². The number of fused-ring (bicyclic) bond motifs is 3. The van der Waals surface area contributed by atoms with Crippen molar-refractivity contribution in [2.75, 3.05) is 13.3 Å². The predicted octanol–water partition coefficient (Wildman–Crippen LogP) is 4.22. The summed E-state index contributed by atoms with van der Waals surface area (Å²) < 4.78 is 7.79. The van der Waals surface area contributed by atoms with Gasteiger partial charge in [-0.05, 0) is 38.7 Å². The second-order valence-corrected chi connectivity index (χ2v) is 9.79. The Kier molecular flexibility index (Phi) is 8.78. The van der Waals surface area contributed by atoms with E-state index < -0.39 is 0 Å². The Bertz CT molecular complexity index is 1100. The number of carbonyl (C=O) groups excluding carboxylic acids is 2. The van der Waals surface area contributed by atoms with Crippen LogP contribution in [-0.4, -0.2) is 51.6 Å². The first kappa shape index (κ1) is 27.4. The molecule has 2 heterocycles. The number of rotatable bonds is 5. The van der Waals surface area contributed by atoms with Gasteiger partial charge in [0.2, 0.25) is 0 Å². The van der Waals surface area contributed by atoms with E-state index in [0.717, 1.165) is 60.7 Å². The van der Waals surface area contributed by atoms with Crippen LogP contribution in [0.25, 0.3) is 10.9 Å². The lowest BCUT2D eigenvalue weighted by molar-refractivity contribution is -0.155. The molecule has 7 nitrogen and oxygen atoms in total. The lowest BCUT2D eigenvalue weighted by Crippen LogP contribution is -2.43. The highest BCUT2D eigenvalue weighted by atomic mass is 35.5. The molecule has 4 atom stereocenters. The molecule has 1 aromatic heterocycles. The number of benzene rings is 1. The SMILES string of the molecule is CC1N(COC(=O)[C@@H]2CCCC[C@H]2N)C=CN1CC1CCc2c(c3ccccc3n2C)C1=O.Cl.Cl. The van der Waals surface area contributed by atoms with Crippen molar-refractivity contribution in [3.63, 3.8) is 0 Å². The Morgan fingerprint density at radius 2 is 1.80 bits per heavy atom. The summed E-state index contributed by atoms with van der Waals surface area (Å²) in [6.07, 6.45) is 9.58. The van der Waals surface area contributed by atoms with Crippen LogP contribution in [0.1, 0.15) is 55.1 Å². The zero-order valence-corrected chi connectivity index (χ0v) is 22.0. The third kappa shape index (κ3) is 5.04. The van der Waals surface area contributed by atoms with Crippen LogP contribution in [0.4, 0.5) is 0 Å². The molecule has 192 valence electrons. The molecule has 0 bridgehead atoms. The van der Waals surface area contributed by atoms with Gasteiger partial charge in [-0.25, -0.2) is 0 Å². The van der Waals surface area contributed by atoms with Crippen LogP contribution in [0.5, 0.6) is 0 Å². The lowest BCUT2D eigenvalue weighted by Gasteiger charge is -2.33. The van der Waals surface area contributed by atoms with E-state index in [1.165, 1.54) is 0 Å². The average Bonchev–Trinajstić information content (AvgIpc) is 3.32. The highest BCUT2D eigenvalue weighted by molar-refractivity contribution is 6.11. The molecule has 0 amide bonds. The number of aryl methyl sites for hydroxylation is 1. The second-order valence-electron chi connectivity index (χ2n) is 9.79. The van der Waals surface area contributed by atoms with Gasteiger partial charge >= 0.3 is 5.97 Å². The molecule has 3 aliphatic rings. The molecule has 2 aliphatic carbocycles. The number of carbonyl (C=O) groups is 2. The van der Waals surface area contributed by atoms with Crippen LogP contribution in [0.15, 0.2) is 36.7 Å². The van der Waals surface area contributed by atoms with Gasteiger partial charge in [-0.15, -0.1) is 24.8 Å². The molecule has 1 saturated carbocycles. The summed E-state index contributed by atoms with van der Waals surface area (Å²) in [4.78, 5) is 30.2. The summed E-state index contributed by atoms with van der Waals surface area (Å²) in [5.41, 5.74) is 9.30. The topological polar surface area (TPSA) is 80.8 Å². The second kappa shape index (κ2) is 11.2. The van der Waals surface area contributed by atoms with E-state index in [-0.39, 0.29) is 67.3 Å². The van der Waals surface area contributed by atoms with Crippen molar-refractivity contribution in [3.05, 3.63) is 47.9 Å². The fourth-order valence-electron chi connectivity index (χ4n) is 5.76. The van der Waals surface area contributed by atoms with Crippen molar-refractivity contribution in [3.8, 4) is 0 Å². The molecule has 0 saturated heterocycles. The van der Waals surface area contributed by atoms with Gasteiger partial charge in [0.25, 0.3) is 0 Å². The molecule has 5 rings (SSSR count). The van der Waals surface area contributed by atoms with Crippen LogP contribution in [0.3, 0.4) is 0 Å². The lowest BCUT2D eigenvalue weighted by atomic mass is 9.84. The number of hydrogen-bond donors (Lipinski definition) is 1. The molecule has 9 heteroatoms. The maximum atomic E-state index is 13.5. The number of nitrogens with zero attached hydrogens (tertiary/aromatic N) is 3. The first-order valence-electron chi connectivity index (χ1n) is 12.2. The maximum Gasteiger partial charge on any atom is 0.312 e. The molecule has 2 unspecified atom stereocenters. The molecule has 1 aromatic carbocycles. The normalized spacial score (nSPS) is 25.7. The van der Waals surface area contributed by atoms with E-state index in [1.807, 2.05) is 29.4 Å². The predicted molar refractivity (Wildman–Crippen MR) is 142 cm³/mol. The van der Waals surface area contributed by atoms with Gasteiger partial charge in [0.15, 0.2) is 12.5 Å². The van der Waals surface area contributed by atoms with E-state index in [4.69, 9.17) is 10.5 Å². The van der Waals surface area contributed by atoms with Crippen LogP contribution in [0, 0.1) is 11.8 Å². The number of para-hydroxylation sites is 1. The summed E-state index contributed by atoms with van der Waals surface area (Å²) in [6.45, 7) is 2.95. The fraction of sp³-hybridized carbons (Fsp3) is 0.538. The Morgan fingerprint density at radius 1 is 1.09 bits per heavy atom. The molecule has 1 fully saturated rings. The number of nitrogens with two attached hydrogens (primary N) is 1. The minimum Gasteiger partial charge on any atom is -0.444 e. The van der Waals surface area contributed by atoms with E-state index in [1.54, 1.807) is 0 Å². The van der Waals surface area contributed by atoms with Gasteiger partial charge in [0.05, 0.1) is 5.92 Å². The third-order valence-corrected chi connectivity index (χ3v) is 7.89. The molecule has 2 aromatic rings. The molecule has 35 heavy (non-hydrogen) atoms. The van der Waals surface area contributed by atoms with Crippen LogP contribution >= 0.6 is 24.8 Å². The van der Waals surface area contributed by atoms with E-state index in [9.17, 15) is 9.59 Å². The van der Waals surface area contributed by atoms with Gasteiger partial charge in [-0.1, -0.05) is 31.0 Å². The largest absolute Gasteiger partial charge is 0.444 e. The van der Waals surface area contributed by atoms with Crippen LogP contribution < -0.4 is 5.73 Å². The quantitative estimate of drug-likeness (QED) is 0.592. The Balaban J connectivity index is 0.00000171. The molecular formula is C26H36Cl2N4O3. The van der Waals surface area contributed by atoms with E-state index >= 15 is 0 Å². The fourth-order valence-corrected chi connectivity index (χ4v) is 5.76. The third-order valence-electron chi connectivity index (χ3n) is 7.89.